The predicted molar refractivity (Wildman–Crippen MR) is 134 cm³/mol. The Kier molecular flexibility index (Phi) is 5.53. The number of likely N-dealkylation sites (tertiary alicyclic amines) is 1. The zero-order valence-corrected chi connectivity index (χ0v) is 20.0. The molecule has 1 aliphatic heterocycles. The summed E-state index contributed by atoms with van der Waals surface area (Å²) < 4.78 is 0. The first-order valence-corrected chi connectivity index (χ1v) is 12.3. The van der Waals surface area contributed by atoms with Crippen LogP contribution in [0.15, 0.2) is 36.5 Å². The largest absolute Gasteiger partial charge is 0.399 e. The lowest BCUT2D eigenvalue weighted by atomic mass is 9.69. The molecule has 5 rings (SSSR count). The summed E-state index contributed by atoms with van der Waals surface area (Å²) in [6, 6.07) is 11.3. The smallest absolute Gasteiger partial charge is 0.255 e. The van der Waals surface area contributed by atoms with Gasteiger partial charge in [0.2, 0.25) is 0 Å². The molecular formula is C26H35BN4O2. The van der Waals surface area contributed by atoms with Gasteiger partial charge in [0.15, 0.2) is 0 Å². The summed E-state index contributed by atoms with van der Waals surface area (Å²) in [5, 5.41) is 13.2. The van der Waals surface area contributed by atoms with Gasteiger partial charge in [-0.05, 0) is 69.1 Å². The van der Waals surface area contributed by atoms with Gasteiger partial charge in [-0.15, -0.1) is 0 Å². The van der Waals surface area contributed by atoms with Crippen LogP contribution < -0.4 is 11.1 Å². The molecule has 174 valence electrons. The number of benzene rings is 1. The van der Waals surface area contributed by atoms with E-state index in [2.05, 4.69) is 53.3 Å². The Bertz CT molecular complexity index is 1040. The molecule has 2 aromatic rings. The number of hydrogen-bond acceptors (Lipinski definition) is 5. The highest BCUT2D eigenvalue weighted by molar-refractivity contribution is 6.14. The standard InChI is InChI=1S/C26H35BN4O2/c1-16(2)31-14-20-12-25(20,15-31)19-5-3-17(4-6-19)18-11-22(23(28)29-13-18)24(32)30-21-7-9-26(27,33)10-8-21/h3-6,11,13,16,20-21,33H,7-10,12,14-15,27H2,1-2H3,(H2,28,29)(H,30,32)/t20-,21-,25+,26-/m0/s1. The van der Waals surface area contributed by atoms with Gasteiger partial charge >= 0.3 is 0 Å². The summed E-state index contributed by atoms with van der Waals surface area (Å²) in [5.41, 5.74) is 9.55. The van der Waals surface area contributed by atoms with Gasteiger partial charge in [-0.3, -0.25) is 9.69 Å². The number of aliphatic hydroxyl groups is 1. The van der Waals surface area contributed by atoms with Crippen LogP contribution >= 0.6 is 0 Å². The van der Waals surface area contributed by atoms with Crippen molar-refractivity contribution in [1.82, 2.24) is 15.2 Å². The number of nitrogen functional groups attached to an aromatic ring is 1. The van der Waals surface area contributed by atoms with Crippen LogP contribution in [0.2, 0.25) is 0 Å². The molecule has 0 spiro atoms. The first kappa shape index (κ1) is 22.4. The van der Waals surface area contributed by atoms with E-state index < -0.39 is 5.50 Å². The van der Waals surface area contributed by atoms with Crippen molar-refractivity contribution in [2.45, 2.75) is 69.0 Å². The Balaban J connectivity index is 1.30. The van der Waals surface area contributed by atoms with Crippen LogP contribution in [0.4, 0.5) is 5.82 Å². The topological polar surface area (TPSA) is 91.5 Å². The number of hydrogen-bond donors (Lipinski definition) is 3. The fourth-order valence-electron chi connectivity index (χ4n) is 5.82. The molecule has 0 radical (unpaired) electrons. The third-order valence-corrected chi connectivity index (χ3v) is 8.26. The maximum Gasteiger partial charge on any atom is 0.255 e. The lowest BCUT2D eigenvalue weighted by Crippen LogP contribution is -2.43. The number of nitrogens with one attached hydrogen (secondary N) is 1. The van der Waals surface area contributed by atoms with Gasteiger partial charge in [-0.25, -0.2) is 4.98 Å². The third kappa shape index (κ3) is 4.29. The van der Waals surface area contributed by atoms with Crippen molar-refractivity contribution in [1.29, 1.82) is 0 Å². The molecule has 2 heterocycles. The molecule has 0 bridgehead atoms. The van der Waals surface area contributed by atoms with Crippen LogP contribution in [0.1, 0.15) is 61.9 Å². The van der Waals surface area contributed by atoms with E-state index in [9.17, 15) is 9.90 Å². The van der Waals surface area contributed by atoms with E-state index in [-0.39, 0.29) is 17.8 Å². The lowest BCUT2D eigenvalue weighted by molar-refractivity contribution is 0.0687. The molecule has 1 aromatic carbocycles. The Morgan fingerprint density at radius 3 is 2.58 bits per heavy atom. The molecular weight excluding hydrogens is 411 g/mol. The number of carbonyl (C=O) groups excluding carboxylic acids is 1. The number of amides is 1. The normalized spacial score (nSPS) is 31.4. The van der Waals surface area contributed by atoms with Crippen molar-refractivity contribution in [3.8, 4) is 11.1 Å². The third-order valence-electron chi connectivity index (χ3n) is 8.26. The van der Waals surface area contributed by atoms with E-state index in [0.717, 1.165) is 36.4 Å². The van der Waals surface area contributed by atoms with Crippen LogP contribution in [0.3, 0.4) is 0 Å². The molecule has 2 saturated carbocycles. The van der Waals surface area contributed by atoms with Gasteiger partial charge in [-0.1, -0.05) is 24.3 Å². The highest BCUT2D eigenvalue weighted by Gasteiger charge is 2.60. The Morgan fingerprint density at radius 2 is 1.94 bits per heavy atom. The van der Waals surface area contributed by atoms with Crippen molar-refractivity contribution in [3.05, 3.63) is 47.7 Å². The summed E-state index contributed by atoms with van der Waals surface area (Å²) >= 11 is 0. The van der Waals surface area contributed by atoms with E-state index in [1.54, 1.807) is 6.20 Å². The van der Waals surface area contributed by atoms with E-state index in [1.165, 1.54) is 18.5 Å². The van der Waals surface area contributed by atoms with Gasteiger partial charge < -0.3 is 16.2 Å². The zero-order valence-electron chi connectivity index (χ0n) is 20.0. The van der Waals surface area contributed by atoms with E-state index in [0.29, 0.717) is 29.9 Å². The SMILES string of the molecule is B[C@]1(O)CC[C@H](NC(=O)c2cc(-c3ccc([C@]45C[C@H]4CN(C(C)C)C5)cc3)cnc2N)CC1. The van der Waals surface area contributed by atoms with Crippen molar-refractivity contribution in [2.75, 3.05) is 18.8 Å². The first-order valence-electron chi connectivity index (χ1n) is 12.3. The summed E-state index contributed by atoms with van der Waals surface area (Å²) in [6.07, 6.45) is 5.95. The number of pyridine rings is 1. The molecule has 7 heteroatoms. The van der Waals surface area contributed by atoms with Gasteiger partial charge in [0.25, 0.3) is 5.91 Å². The molecule has 1 aromatic heterocycles. The molecule has 6 nitrogen and oxygen atoms in total. The van der Waals surface area contributed by atoms with Crippen LogP contribution in [0, 0.1) is 5.92 Å². The van der Waals surface area contributed by atoms with Crippen molar-refractivity contribution >= 4 is 19.6 Å². The van der Waals surface area contributed by atoms with Gasteiger partial charge in [0.1, 0.15) is 13.7 Å². The van der Waals surface area contributed by atoms with E-state index >= 15 is 0 Å². The summed E-state index contributed by atoms with van der Waals surface area (Å²) in [5.74, 6) is 0.835. The molecule has 2 aliphatic carbocycles. The highest BCUT2D eigenvalue weighted by Crippen LogP contribution is 2.59. The number of nitrogens with zero attached hydrogens (tertiary/aromatic N) is 2. The molecule has 1 amide bonds. The Labute approximate surface area is 197 Å². The predicted octanol–water partition coefficient (Wildman–Crippen LogP) is 2.31. The number of carbonyl (C=O) groups is 1. The maximum atomic E-state index is 12.9. The number of anilines is 1. The van der Waals surface area contributed by atoms with E-state index in [1.807, 2.05) is 13.9 Å². The van der Waals surface area contributed by atoms with Gasteiger partial charge in [-0.2, -0.15) is 0 Å². The number of aromatic nitrogens is 1. The first-order chi connectivity index (χ1) is 15.7. The summed E-state index contributed by atoms with van der Waals surface area (Å²) in [6.45, 7) is 6.92. The van der Waals surface area contributed by atoms with Crippen LogP contribution in [-0.4, -0.2) is 59.4 Å². The molecule has 1 saturated heterocycles. The Morgan fingerprint density at radius 1 is 1.24 bits per heavy atom. The van der Waals surface area contributed by atoms with E-state index in [4.69, 9.17) is 5.73 Å². The maximum absolute atomic E-state index is 12.9. The molecule has 0 unspecified atom stereocenters. The average molecular weight is 446 g/mol. The molecule has 3 fully saturated rings. The minimum absolute atomic E-state index is 0.0580. The minimum atomic E-state index is -0.625. The second-order valence-electron chi connectivity index (χ2n) is 11.1. The number of piperidine rings is 1. The van der Waals surface area contributed by atoms with Crippen molar-refractivity contribution in [3.63, 3.8) is 0 Å². The zero-order chi connectivity index (χ0) is 23.4. The molecule has 33 heavy (non-hydrogen) atoms. The lowest BCUT2D eigenvalue weighted by Gasteiger charge is -2.33. The van der Waals surface area contributed by atoms with Crippen molar-refractivity contribution < 1.29 is 9.90 Å². The summed E-state index contributed by atoms with van der Waals surface area (Å²) in [7, 11) is 1.86. The number of nitrogens with two attached hydrogens (primary N) is 1. The van der Waals surface area contributed by atoms with Crippen LogP contribution in [0.25, 0.3) is 11.1 Å². The fraction of sp³-hybridized carbons (Fsp3) is 0.538. The minimum Gasteiger partial charge on any atom is -0.399 e. The summed E-state index contributed by atoms with van der Waals surface area (Å²) in [4.78, 5) is 19.8. The molecule has 4 N–H and O–H groups in total. The van der Waals surface area contributed by atoms with Crippen LogP contribution in [-0.2, 0) is 5.41 Å². The second-order valence-corrected chi connectivity index (χ2v) is 11.1. The number of rotatable bonds is 5. The van der Waals surface area contributed by atoms with Crippen molar-refractivity contribution in [2.24, 2.45) is 5.92 Å². The Hall–Kier alpha value is -2.38. The monoisotopic (exact) mass is 446 g/mol. The number of fused-ring (bicyclic) bond motifs is 1. The fourth-order valence-corrected chi connectivity index (χ4v) is 5.82. The van der Waals surface area contributed by atoms with Gasteiger partial charge in [0, 0.05) is 47.8 Å². The second kappa shape index (κ2) is 8.14. The van der Waals surface area contributed by atoms with Gasteiger partial charge in [0.05, 0.1) is 5.56 Å². The quantitative estimate of drug-likeness (QED) is 0.614. The highest BCUT2D eigenvalue weighted by atomic mass is 16.3. The molecule has 3 aliphatic rings. The molecule has 2 atom stereocenters. The van der Waals surface area contributed by atoms with Crippen LogP contribution in [0.5, 0.6) is 0 Å². The average Bonchev–Trinajstić information content (AvgIpc) is 3.36.